The largest absolute Gasteiger partial charge is 0.319 e. The molecule has 16 heavy (non-hydrogen) atoms. The number of aromatic nitrogens is 3. The number of nitrogens with one attached hydrogen (secondary N) is 1. The van der Waals surface area contributed by atoms with Crippen molar-refractivity contribution in [2.24, 2.45) is 12.5 Å². The summed E-state index contributed by atoms with van der Waals surface area (Å²) in [6, 6.07) is 0. The van der Waals surface area contributed by atoms with Gasteiger partial charge in [0.15, 0.2) is 0 Å². The van der Waals surface area contributed by atoms with Crippen LogP contribution in [0.15, 0.2) is 6.20 Å². The van der Waals surface area contributed by atoms with Crippen LogP contribution in [0.25, 0.3) is 0 Å². The van der Waals surface area contributed by atoms with Gasteiger partial charge >= 0.3 is 0 Å². The highest BCUT2D eigenvalue weighted by atomic mass is 15.4. The molecule has 1 aliphatic rings. The van der Waals surface area contributed by atoms with Gasteiger partial charge in [-0.15, -0.1) is 5.10 Å². The Morgan fingerprint density at radius 3 is 2.69 bits per heavy atom. The molecule has 0 aromatic carbocycles. The second-order valence-corrected chi connectivity index (χ2v) is 5.15. The van der Waals surface area contributed by atoms with Crippen molar-refractivity contribution >= 4 is 0 Å². The van der Waals surface area contributed by atoms with Crippen LogP contribution in [0, 0.1) is 5.41 Å². The summed E-state index contributed by atoms with van der Waals surface area (Å²) in [5.41, 5.74) is 1.56. The number of nitrogens with zero attached hydrogens (tertiary/aromatic N) is 3. The van der Waals surface area contributed by atoms with Gasteiger partial charge in [-0.25, -0.2) is 0 Å². The predicted octanol–water partition coefficient (Wildman–Crippen LogP) is 1.53. The lowest BCUT2D eigenvalue weighted by Crippen LogP contribution is -2.36. The van der Waals surface area contributed by atoms with Crippen molar-refractivity contribution in [1.82, 2.24) is 20.3 Å². The minimum atomic E-state index is 0.420. The fraction of sp³-hybridized carbons (Fsp3) is 0.833. The standard InChI is InChI=1S/C12H22N4/c1-13-10-12(6-4-3-5-7-12)8-11-9-16(2)15-14-11/h9,13H,3-8,10H2,1-2H3. The van der Waals surface area contributed by atoms with E-state index >= 15 is 0 Å². The monoisotopic (exact) mass is 222 g/mol. The molecule has 4 heteroatoms. The Morgan fingerprint density at radius 1 is 1.38 bits per heavy atom. The molecular weight excluding hydrogens is 200 g/mol. The fourth-order valence-electron chi connectivity index (χ4n) is 2.95. The molecule has 1 fully saturated rings. The molecule has 0 saturated heterocycles. The summed E-state index contributed by atoms with van der Waals surface area (Å²) in [4.78, 5) is 0. The summed E-state index contributed by atoms with van der Waals surface area (Å²) in [7, 11) is 3.98. The smallest absolute Gasteiger partial charge is 0.0833 e. The number of rotatable bonds is 4. The van der Waals surface area contributed by atoms with Crippen LogP contribution in [0.5, 0.6) is 0 Å². The van der Waals surface area contributed by atoms with Gasteiger partial charge in [0, 0.05) is 19.8 Å². The van der Waals surface area contributed by atoms with Gasteiger partial charge in [0.05, 0.1) is 5.69 Å². The van der Waals surface area contributed by atoms with Gasteiger partial charge in [0.1, 0.15) is 0 Å². The molecule has 1 heterocycles. The van der Waals surface area contributed by atoms with Crippen LogP contribution in [-0.4, -0.2) is 28.6 Å². The Hall–Kier alpha value is -0.900. The molecule has 1 aromatic rings. The Balaban J connectivity index is 2.06. The lowest BCUT2D eigenvalue weighted by Gasteiger charge is -2.36. The van der Waals surface area contributed by atoms with Crippen molar-refractivity contribution in [2.75, 3.05) is 13.6 Å². The van der Waals surface area contributed by atoms with Crippen molar-refractivity contribution in [1.29, 1.82) is 0 Å². The Morgan fingerprint density at radius 2 is 2.12 bits per heavy atom. The van der Waals surface area contributed by atoms with Gasteiger partial charge in [0.25, 0.3) is 0 Å². The summed E-state index contributed by atoms with van der Waals surface area (Å²) in [6.07, 6.45) is 9.89. The summed E-state index contributed by atoms with van der Waals surface area (Å²) >= 11 is 0. The molecule has 0 amide bonds. The third-order valence-corrected chi connectivity index (χ3v) is 3.67. The van der Waals surface area contributed by atoms with Crippen molar-refractivity contribution in [3.63, 3.8) is 0 Å². The second-order valence-electron chi connectivity index (χ2n) is 5.15. The molecule has 0 spiro atoms. The van der Waals surface area contributed by atoms with E-state index in [-0.39, 0.29) is 0 Å². The first-order chi connectivity index (χ1) is 7.74. The van der Waals surface area contributed by atoms with Crippen molar-refractivity contribution in [3.05, 3.63) is 11.9 Å². The molecule has 1 saturated carbocycles. The molecule has 4 nitrogen and oxygen atoms in total. The number of hydrogen-bond acceptors (Lipinski definition) is 3. The highest BCUT2D eigenvalue weighted by Gasteiger charge is 2.32. The van der Waals surface area contributed by atoms with Crippen molar-refractivity contribution < 1.29 is 0 Å². The molecule has 2 rings (SSSR count). The lowest BCUT2D eigenvalue weighted by molar-refractivity contribution is 0.183. The molecule has 1 aliphatic carbocycles. The molecule has 0 unspecified atom stereocenters. The van der Waals surface area contributed by atoms with Crippen LogP contribution >= 0.6 is 0 Å². The molecule has 0 aliphatic heterocycles. The van der Waals surface area contributed by atoms with E-state index in [1.165, 1.54) is 32.1 Å². The molecule has 1 aromatic heterocycles. The van der Waals surface area contributed by atoms with E-state index < -0.39 is 0 Å². The van der Waals surface area contributed by atoms with Crippen molar-refractivity contribution in [3.8, 4) is 0 Å². The molecule has 0 radical (unpaired) electrons. The maximum atomic E-state index is 4.22. The maximum absolute atomic E-state index is 4.22. The molecule has 0 bridgehead atoms. The number of aryl methyl sites for hydroxylation is 1. The van der Waals surface area contributed by atoms with Gasteiger partial charge < -0.3 is 5.32 Å². The van der Waals surface area contributed by atoms with E-state index in [1.54, 1.807) is 4.68 Å². The van der Waals surface area contributed by atoms with Gasteiger partial charge in [-0.1, -0.05) is 24.5 Å². The van der Waals surface area contributed by atoms with Crippen LogP contribution < -0.4 is 5.32 Å². The minimum absolute atomic E-state index is 0.420. The van der Waals surface area contributed by atoms with E-state index in [0.717, 1.165) is 18.7 Å². The topological polar surface area (TPSA) is 42.7 Å². The Labute approximate surface area is 97.4 Å². The minimum Gasteiger partial charge on any atom is -0.319 e. The van der Waals surface area contributed by atoms with E-state index in [0.29, 0.717) is 5.41 Å². The van der Waals surface area contributed by atoms with Gasteiger partial charge in [-0.2, -0.15) is 0 Å². The zero-order chi connectivity index (χ0) is 11.4. The first-order valence-corrected chi connectivity index (χ1v) is 6.24. The first-order valence-electron chi connectivity index (χ1n) is 6.24. The van der Waals surface area contributed by atoms with Crippen LogP contribution in [0.4, 0.5) is 0 Å². The molecule has 0 atom stereocenters. The van der Waals surface area contributed by atoms with Gasteiger partial charge in [0.2, 0.25) is 0 Å². The average Bonchev–Trinajstić information content (AvgIpc) is 2.65. The van der Waals surface area contributed by atoms with Crippen molar-refractivity contribution in [2.45, 2.75) is 38.5 Å². The summed E-state index contributed by atoms with van der Waals surface area (Å²) in [5, 5.41) is 11.6. The number of hydrogen-bond donors (Lipinski definition) is 1. The Bertz CT molecular complexity index is 320. The summed E-state index contributed by atoms with van der Waals surface area (Å²) in [6.45, 7) is 1.10. The van der Waals surface area contributed by atoms with Gasteiger partial charge in [-0.3, -0.25) is 4.68 Å². The molecular formula is C12H22N4. The first kappa shape index (κ1) is 11.6. The highest BCUT2D eigenvalue weighted by Crippen LogP contribution is 2.38. The van der Waals surface area contributed by atoms with Crippen LogP contribution in [0.3, 0.4) is 0 Å². The van der Waals surface area contributed by atoms with Gasteiger partial charge in [-0.05, 0) is 31.7 Å². The summed E-state index contributed by atoms with van der Waals surface area (Å²) in [5.74, 6) is 0. The quantitative estimate of drug-likeness (QED) is 0.840. The highest BCUT2D eigenvalue weighted by molar-refractivity contribution is 5.00. The average molecular weight is 222 g/mol. The molecule has 1 N–H and O–H groups in total. The zero-order valence-corrected chi connectivity index (χ0v) is 10.4. The predicted molar refractivity (Wildman–Crippen MR) is 64.2 cm³/mol. The van der Waals surface area contributed by atoms with Crippen LogP contribution in [-0.2, 0) is 13.5 Å². The SMILES string of the molecule is CNCC1(Cc2cn(C)nn2)CCCCC1. The van der Waals surface area contributed by atoms with E-state index in [9.17, 15) is 0 Å². The Kier molecular flexibility index (Phi) is 3.59. The van der Waals surface area contributed by atoms with E-state index in [4.69, 9.17) is 0 Å². The van der Waals surface area contributed by atoms with E-state index in [1.807, 2.05) is 20.3 Å². The fourth-order valence-corrected chi connectivity index (χ4v) is 2.95. The zero-order valence-electron chi connectivity index (χ0n) is 10.4. The van der Waals surface area contributed by atoms with E-state index in [2.05, 4.69) is 15.6 Å². The normalized spacial score (nSPS) is 19.9. The lowest BCUT2D eigenvalue weighted by atomic mass is 9.71. The molecule has 90 valence electrons. The van der Waals surface area contributed by atoms with Crippen LogP contribution in [0.2, 0.25) is 0 Å². The third kappa shape index (κ3) is 2.61. The summed E-state index contributed by atoms with van der Waals surface area (Å²) < 4.78 is 1.80. The van der Waals surface area contributed by atoms with Crippen LogP contribution in [0.1, 0.15) is 37.8 Å². The second kappa shape index (κ2) is 4.95. The third-order valence-electron chi connectivity index (χ3n) is 3.67. The maximum Gasteiger partial charge on any atom is 0.0833 e.